The van der Waals surface area contributed by atoms with Crippen molar-refractivity contribution >= 4 is 7.60 Å². The van der Waals surface area contributed by atoms with Gasteiger partial charge in [-0.1, -0.05) is 31.4 Å². The molecule has 1 aliphatic rings. The lowest BCUT2D eigenvalue weighted by Gasteiger charge is -2.31. The molecule has 1 N–H and O–H groups in total. The van der Waals surface area contributed by atoms with Crippen LogP contribution >= 0.6 is 7.60 Å². The van der Waals surface area contributed by atoms with Gasteiger partial charge in [0.05, 0.1) is 7.11 Å². The Morgan fingerprint density at radius 3 is 2.14 bits per heavy atom. The summed E-state index contributed by atoms with van der Waals surface area (Å²) in [6.45, 7) is 0. The van der Waals surface area contributed by atoms with Gasteiger partial charge in [-0.15, -0.1) is 0 Å². The Labute approximate surface area is 132 Å². The van der Waals surface area contributed by atoms with Crippen molar-refractivity contribution in [2.75, 3.05) is 21.3 Å². The second kappa shape index (κ2) is 8.11. The molecular weight excluding hydrogens is 301 g/mol. The van der Waals surface area contributed by atoms with Crippen LogP contribution in [0, 0.1) is 0 Å². The van der Waals surface area contributed by atoms with Crippen LogP contribution in [0.5, 0.6) is 5.75 Å². The van der Waals surface area contributed by atoms with E-state index in [1.54, 1.807) is 7.11 Å². The van der Waals surface area contributed by atoms with Crippen molar-refractivity contribution in [3.63, 3.8) is 0 Å². The first-order valence-electron chi connectivity index (χ1n) is 7.74. The monoisotopic (exact) mass is 327 g/mol. The molecule has 22 heavy (non-hydrogen) atoms. The summed E-state index contributed by atoms with van der Waals surface area (Å²) in [5, 5.41) is 3.50. The Balaban J connectivity index is 2.24. The third-order valence-electron chi connectivity index (χ3n) is 4.26. The van der Waals surface area contributed by atoms with E-state index < -0.39 is 13.4 Å². The highest BCUT2D eigenvalue weighted by Gasteiger charge is 2.37. The van der Waals surface area contributed by atoms with Gasteiger partial charge in [-0.25, -0.2) is 0 Å². The molecule has 5 nitrogen and oxygen atoms in total. The summed E-state index contributed by atoms with van der Waals surface area (Å²) >= 11 is 0. The van der Waals surface area contributed by atoms with E-state index in [2.05, 4.69) is 5.32 Å². The molecule has 1 saturated carbocycles. The predicted molar refractivity (Wildman–Crippen MR) is 87.4 cm³/mol. The number of ether oxygens (including phenoxy) is 1. The fourth-order valence-electron chi connectivity index (χ4n) is 2.93. The molecule has 1 aromatic rings. The predicted octanol–water partition coefficient (Wildman–Crippen LogP) is 4.10. The molecular formula is C16H26NO4P. The molecule has 1 fully saturated rings. The summed E-state index contributed by atoms with van der Waals surface area (Å²) in [5.74, 6) is 0.307. The van der Waals surface area contributed by atoms with Gasteiger partial charge in [-0.05, 0) is 30.5 Å². The van der Waals surface area contributed by atoms with Crippen LogP contribution in [0.2, 0.25) is 0 Å². The van der Waals surface area contributed by atoms with E-state index in [4.69, 9.17) is 13.8 Å². The number of rotatable bonds is 7. The summed E-state index contributed by atoms with van der Waals surface area (Å²) in [6, 6.07) is 7.88. The first-order chi connectivity index (χ1) is 10.6. The van der Waals surface area contributed by atoms with Crippen molar-refractivity contribution in [1.29, 1.82) is 0 Å². The Kier molecular flexibility index (Phi) is 6.45. The molecule has 1 unspecified atom stereocenters. The third kappa shape index (κ3) is 4.11. The lowest BCUT2D eigenvalue weighted by atomic mass is 9.95. The van der Waals surface area contributed by atoms with Crippen molar-refractivity contribution in [3.05, 3.63) is 29.8 Å². The Bertz CT molecular complexity index is 491. The largest absolute Gasteiger partial charge is 0.497 e. The van der Waals surface area contributed by atoms with Gasteiger partial charge in [0.25, 0.3) is 0 Å². The number of benzene rings is 1. The molecule has 124 valence electrons. The average molecular weight is 327 g/mol. The van der Waals surface area contributed by atoms with Crippen LogP contribution in [0.25, 0.3) is 0 Å². The maximum Gasteiger partial charge on any atom is 0.351 e. The minimum absolute atomic E-state index is 0.347. The van der Waals surface area contributed by atoms with E-state index in [0.717, 1.165) is 24.2 Å². The maximum absolute atomic E-state index is 12.9. The molecule has 1 aliphatic carbocycles. The van der Waals surface area contributed by atoms with E-state index in [-0.39, 0.29) is 0 Å². The van der Waals surface area contributed by atoms with Gasteiger partial charge in [0.1, 0.15) is 11.5 Å². The van der Waals surface area contributed by atoms with E-state index in [9.17, 15) is 4.57 Å². The van der Waals surface area contributed by atoms with Gasteiger partial charge < -0.3 is 13.8 Å². The second-order valence-corrected chi connectivity index (χ2v) is 7.91. The zero-order valence-corrected chi connectivity index (χ0v) is 14.5. The van der Waals surface area contributed by atoms with E-state index >= 15 is 0 Å². The number of nitrogens with one attached hydrogen (secondary N) is 1. The number of hydrogen-bond donors (Lipinski definition) is 1. The summed E-state index contributed by atoms with van der Waals surface area (Å²) in [4.78, 5) is 0. The van der Waals surface area contributed by atoms with Crippen LogP contribution in [0.4, 0.5) is 0 Å². The van der Waals surface area contributed by atoms with E-state index in [1.165, 1.54) is 33.5 Å². The molecule has 0 amide bonds. The standard InChI is InChI=1S/C16H26NO4P/c1-19-15-11-9-13(10-12-15)16(22(18,20-2)21-3)17-14-7-5-4-6-8-14/h9-12,14,16-17H,4-8H2,1-3H3. The fraction of sp³-hybridized carbons (Fsp3) is 0.625. The highest BCUT2D eigenvalue weighted by molar-refractivity contribution is 7.54. The quantitative estimate of drug-likeness (QED) is 0.764. The summed E-state index contributed by atoms with van der Waals surface area (Å²) in [6.07, 6.45) is 5.88. The second-order valence-electron chi connectivity index (χ2n) is 5.58. The smallest absolute Gasteiger partial charge is 0.351 e. The molecule has 0 radical (unpaired) electrons. The zero-order valence-electron chi connectivity index (χ0n) is 13.6. The summed E-state index contributed by atoms with van der Waals surface area (Å²) in [5.41, 5.74) is 0.887. The van der Waals surface area contributed by atoms with E-state index in [1.807, 2.05) is 24.3 Å². The number of methoxy groups -OCH3 is 1. The zero-order chi connectivity index (χ0) is 16.0. The molecule has 0 heterocycles. The SMILES string of the molecule is COc1ccc(C(NC2CCCCC2)P(=O)(OC)OC)cc1. The van der Waals surface area contributed by atoms with Crippen molar-refractivity contribution in [3.8, 4) is 5.75 Å². The molecule has 1 atom stereocenters. The van der Waals surface area contributed by atoms with Crippen molar-refractivity contribution < 1.29 is 18.3 Å². The van der Waals surface area contributed by atoms with Crippen LogP contribution in [-0.2, 0) is 13.6 Å². The molecule has 0 spiro atoms. The van der Waals surface area contributed by atoms with Gasteiger partial charge in [-0.3, -0.25) is 9.88 Å². The Morgan fingerprint density at radius 1 is 1.05 bits per heavy atom. The van der Waals surface area contributed by atoms with Crippen LogP contribution in [0.15, 0.2) is 24.3 Å². The highest BCUT2D eigenvalue weighted by Crippen LogP contribution is 2.58. The van der Waals surface area contributed by atoms with Gasteiger partial charge in [0.2, 0.25) is 0 Å². The molecule has 1 aromatic carbocycles. The lowest BCUT2D eigenvalue weighted by molar-refractivity contribution is 0.249. The van der Waals surface area contributed by atoms with Crippen molar-refractivity contribution in [2.24, 2.45) is 0 Å². The highest BCUT2D eigenvalue weighted by atomic mass is 31.2. The van der Waals surface area contributed by atoms with Crippen LogP contribution in [0.1, 0.15) is 43.5 Å². The van der Waals surface area contributed by atoms with Gasteiger partial charge in [0, 0.05) is 20.3 Å². The molecule has 0 bridgehead atoms. The maximum atomic E-state index is 12.9. The van der Waals surface area contributed by atoms with Gasteiger partial charge in [-0.2, -0.15) is 0 Å². The fourth-order valence-corrected chi connectivity index (χ4v) is 4.44. The minimum atomic E-state index is -3.26. The first-order valence-corrected chi connectivity index (χ1v) is 9.35. The molecule has 0 saturated heterocycles. The topological polar surface area (TPSA) is 56.8 Å². The number of hydrogen-bond acceptors (Lipinski definition) is 5. The molecule has 0 aliphatic heterocycles. The van der Waals surface area contributed by atoms with Crippen LogP contribution in [0.3, 0.4) is 0 Å². The van der Waals surface area contributed by atoms with Gasteiger partial charge in [0.15, 0.2) is 0 Å². The molecule has 0 aromatic heterocycles. The molecule has 6 heteroatoms. The van der Waals surface area contributed by atoms with E-state index in [0.29, 0.717) is 6.04 Å². The summed E-state index contributed by atoms with van der Waals surface area (Å²) < 4.78 is 28.6. The van der Waals surface area contributed by atoms with Crippen molar-refractivity contribution in [1.82, 2.24) is 5.32 Å². The average Bonchev–Trinajstić information content (AvgIpc) is 2.60. The Morgan fingerprint density at radius 2 is 1.64 bits per heavy atom. The van der Waals surface area contributed by atoms with Crippen molar-refractivity contribution in [2.45, 2.75) is 43.9 Å². The summed E-state index contributed by atoms with van der Waals surface area (Å²) in [7, 11) is 1.24. The van der Waals surface area contributed by atoms with Crippen LogP contribution < -0.4 is 10.1 Å². The van der Waals surface area contributed by atoms with Crippen LogP contribution in [-0.4, -0.2) is 27.4 Å². The minimum Gasteiger partial charge on any atom is -0.497 e. The Hall–Kier alpha value is -0.870. The lowest BCUT2D eigenvalue weighted by Crippen LogP contribution is -2.34. The van der Waals surface area contributed by atoms with Gasteiger partial charge >= 0.3 is 7.60 Å². The molecule has 2 rings (SSSR count). The normalized spacial score (nSPS) is 18.1. The first kappa shape index (κ1) is 17.5. The third-order valence-corrected chi connectivity index (χ3v) is 6.35.